The van der Waals surface area contributed by atoms with Gasteiger partial charge in [0.1, 0.15) is 0 Å². The highest BCUT2D eigenvalue weighted by atomic mass is 16.6. The number of nitro benzene ring substituents is 1. The van der Waals surface area contributed by atoms with Crippen LogP contribution in [0.25, 0.3) is 0 Å². The van der Waals surface area contributed by atoms with Crippen molar-refractivity contribution in [2.45, 2.75) is 18.9 Å². The Bertz CT molecular complexity index is 863. The van der Waals surface area contributed by atoms with E-state index >= 15 is 0 Å². The lowest BCUT2D eigenvalue weighted by Gasteiger charge is -2.23. The molecule has 8 heteroatoms. The number of ether oxygens (including phenoxy) is 1. The van der Waals surface area contributed by atoms with Gasteiger partial charge in [-0.1, -0.05) is 30.3 Å². The van der Waals surface area contributed by atoms with Gasteiger partial charge in [0.25, 0.3) is 11.6 Å². The van der Waals surface area contributed by atoms with Crippen LogP contribution in [0.5, 0.6) is 0 Å². The zero-order chi connectivity index (χ0) is 19.4. The van der Waals surface area contributed by atoms with Gasteiger partial charge < -0.3 is 15.4 Å². The molecule has 0 saturated carbocycles. The third-order valence-corrected chi connectivity index (χ3v) is 4.44. The Morgan fingerprint density at radius 3 is 2.41 bits per heavy atom. The largest absolute Gasteiger partial charge is 0.444 e. The number of nitro groups is 1. The zero-order valence-corrected chi connectivity index (χ0v) is 14.5. The fraction of sp³-hybridized carbons (Fsp3) is 0.263. The smallest absolute Gasteiger partial charge is 0.341 e. The molecule has 8 nitrogen and oxygen atoms in total. The molecular formula is C19H19N3O5. The first-order valence-corrected chi connectivity index (χ1v) is 8.56. The minimum absolute atomic E-state index is 0.0473. The first-order chi connectivity index (χ1) is 13.0. The molecule has 1 saturated heterocycles. The van der Waals surface area contributed by atoms with E-state index in [1.807, 2.05) is 0 Å². The van der Waals surface area contributed by atoms with E-state index in [2.05, 4.69) is 0 Å². The fourth-order valence-electron chi connectivity index (χ4n) is 3.00. The summed E-state index contributed by atoms with van der Waals surface area (Å²) in [7, 11) is 0. The number of nitrogens with zero attached hydrogens (tertiary/aromatic N) is 2. The quantitative estimate of drug-likeness (QED) is 0.375. The molecule has 2 N–H and O–H groups in total. The lowest BCUT2D eigenvalue weighted by molar-refractivity contribution is -0.384. The Hall–Kier alpha value is -3.42. The third kappa shape index (κ3) is 4.05. The monoisotopic (exact) mass is 369 g/mol. The lowest BCUT2D eigenvalue weighted by Crippen LogP contribution is -2.35. The van der Waals surface area contributed by atoms with Crippen LogP contribution in [0.1, 0.15) is 34.9 Å². The van der Waals surface area contributed by atoms with Crippen molar-refractivity contribution in [2.75, 3.05) is 18.8 Å². The zero-order valence-electron chi connectivity index (χ0n) is 14.5. The minimum Gasteiger partial charge on any atom is -0.444 e. The summed E-state index contributed by atoms with van der Waals surface area (Å²) in [6.07, 6.45) is 0.674. The summed E-state index contributed by atoms with van der Waals surface area (Å²) in [4.78, 5) is 37.5. The topological polar surface area (TPSA) is 116 Å². The van der Waals surface area contributed by atoms with Crippen LogP contribution >= 0.6 is 0 Å². The molecule has 0 bridgehead atoms. The van der Waals surface area contributed by atoms with E-state index in [1.54, 1.807) is 35.2 Å². The van der Waals surface area contributed by atoms with E-state index in [0.717, 1.165) is 18.9 Å². The van der Waals surface area contributed by atoms with Crippen LogP contribution < -0.4 is 5.73 Å². The maximum atomic E-state index is 12.9. The number of amides is 1. The molecule has 0 spiro atoms. The SMILES string of the molecule is Nc1ccc([N+](=O)[O-])cc1C(=O)OC(C(=O)N1CCCC1)c1ccccc1. The number of likely N-dealkylation sites (tertiary alicyclic amines) is 1. The number of hydrogen-bond acceptors (Lipinski definition) is 6. The van der Waals surface area contributed by atoms with E-state index in [4.69, 9.17) is 10.5 Å². The summed E-state index contributed by atoms with van der Waals surface area (Å²) in [6.45, 7) is 1.22. The Morgan fingerprint density at radius 2 is 1.78 bits per heavy atom. The molecule has 140 valence electrons. The average molecular weight is 369 g/mol. The van der Waals surface area contributed by atoms with Crippen molar-refractivity contribution in [3.05, 3.63) is 69.8 Å². The van der Waals surface area contributed by atoms with Gasteiger partial charge in [-0.25, -0.2) is 4.79 Å². The Morgan fingerprint density at radius 1 is 1.11 bits per heavy atom. The molecule has 0 aliphatic carbocycles. The van der Waals surface area contributed by atoms with Crippen LogP contribution in [0.3, 0.4) is 0 Å². The van der Waals surface area contributed by atoms with Crippen molar-refractivity contribution in [1.29, 1.82) is 0 Å². The molecule has 0 radical (unpaired) electrons. The fourth-order valence-corrected chi connectivity index (χ4v) is 3.00. The number of hydrogen-bond donors (Lipinski definition) is 1. The number of nitrogens with two attached hydrogens (primary N) is 1. The van der Waals surface area contributed by atoms with Crippen molar-refractivity contribution >= 4 is 23.3 Å². The summed E-state index contributed by atoms with van der Waals surface area (Å²) in [5.41, 5.74) is 5.95. The van der Waals surface area contributed by atoms with Gasteiger partial charge >= 0.3 is 5.97 Å². The van der Waals surface area contributed by atoms with Gasteiger partial charge in [0.15, 0.2) is 0 Å². The van der Waals surface area contributed by atoms with Crippen molar-refractivity contribution in [1.82, 2.24) is 4.90 Å². The molecule has 1 amide bonds. The molecule has 2 aromatic carbocycles. The van der Waals surface area contributed by atoms with E-state index < -0.39 is 17.0 Å². The van der Waals surface area contributed by atoms with Gasteiger partial charge in [-0.2, -0.15) is 0 Å². The number of non-ortho nitro benzene ring substituents is 1. The number of benzene rings is 2. The van der Waals surface area contributed by atoms with Crippen molar-refractivity contribution < 1.29 is 19.2 Å². The Kier molecular flexibility index (Phi) is 5.35. The molecule has 1 atom stereocenters. The number of nitrogen functional groups attached to an aromatic ring is 1. The molecule has 1 aliphatic heterocycles. The molecule has 1 unspecified atom stereocenters. The summed E-state index contributed by atoms with van der Waals surface area (Å²) < 4.78 is 5.48. The highest BCUT2D eigenvalue weighted by Crippen LogP contribution is 2.27. The van der Waals surface area contributed by atoms with Crippen LogP contribution in [-0.4, -0.2) is 34.8 Å². The number of esters is 1. The van der Waals surface area contributed by atoms with Crippen LogP contribution in [0, 0.1) is 10.1 Å². The average Bonchev–Trinajstić information content (AvgIpc) is 3.21. The summed E-state index contributed by atoms with van der Waals surface area (Å²) >= 11 is 0. The Labute approximate surface area is 155 Å². The van der Waals surface area contributed by atoms with Crippen molar-refractivity contribution in [3.63, 3.8) is 0 Å². The van der Waals surface area contributed by atoms with Gasteiger partial charge in [-0.05, 0) is 18.9 Å². The number of rotatable bonds is 5. The molecule has 3 rings (SSSR count). The van der Waals surface area contributed by atoms with E-state index in [0.29, 0.717) is 18.7 Å². The van der Waals surface area contributed by atoms with Crippen molar-refractivity contribution in [2.24, 2.45) is 0 Å². The van der Waals surface area contributed by atoms with E-state index in [-0.39, 0.29) is 22.8 Å². The normalized spacial score (nSPS) is 14.6. The number of carbonyl (C=O) groups excluding carboxylic acids is 2. The standard InChI is InChI=1S/C19H19N3O5/c20-16-9-8-14(22(25)26)12-15(16)19(24)27-17(13-6-2-1-3-7-13)18(23)21-10-4-5-11-21/h1-3,6-9,12,17H,4-5,10-11,20H2. The van der Waals surface area contributed by atoms with E-state index in [1.165, 1.54) is 12.1 Å². The number of carbonyl (C=O) groups is 2. The molecule has 0 aromatic heterocycles. The molecule has 1 fully saturated rings. The van der Waals surface area contributed by atoms with Gasteiger partial charge in [0, 0.05) is 36.5 Å². The van der Waals surface area contributed by atoms with Crippen molar-refractivity contribution in [3.8, 4) is 0 Å². The lowest BCUT2D eigenvalue weighted by atomic mass is 10.1. The van der Waals surface area contributed by atoms with Gasteiger partial charge in [-0.15, -0.1) is 0 Å². The van der Waals surface area contributed by atoms with Crippen LogP contribution in [0.4, 0.5) is 11.4 Å². The molecule has 1 aliphatic rings. The maximum absolute atomic E-state index is 12.9. The van der Waals surface area contributed by atoms with E-state index in [9.17, 15) is 19.7 Å². The van der Waals surface area contributed by atoms with Gasteiger partial charge in [-0.3, -0.25) is 14.9 Å². The second-order valence-corrected chi connectivity index (χ2v) is 6.26. The maximum Gasteiger partial charge on any atom is 0.341 e. The molecule has 27 heavy (non-hydrogen) atoms. The number of anilines is 1. The van der Waals surface area contributed by atoms with Crippen LogP contribution in [0.2, 0.25) is 0 Å². The first-order valence-electron chi connectivity index (χ1n) is 8.56. The minimum atomic E-state index is -1.13. The van der Waals surface area contributed by atoms with Crippen LogP contribution in [-0.2, 0) is 9.53 Å². The highest BCUT2D eigenvalue weighted by Gasteiger charge is 2.32. The highest BCUT2D eigenvalue weighted by molar-refractivity contribution is 5.97. The second-order valence-electron chi connectivity index (χ2n) is 6.26. The first kappa shape index (κ1) is 18.4. The molecule has 1 heterocycles. The summed E-state index contributed by atoms with van der Waals surface area (Å²) in [5.74, 6) is -1.19. The van der Waals surface area contributed by atoms with Crippen LogP contribution in [0.15, 0.2) is 48.5 Å². The third-order valence-electron chi connectivity index (χ3n) is 4.44. The summed E-state index contributed by atoms with van der Waals surface area (Å²) in [5, 5.41) is 11.0. The molecular weight excluding hydrogens is 350 g/mol. The Balaban J connectivity index is 1.90. The second kappa shape index (κ2) is 7.86. The van der Waals surface area contributed by atoms with Gasteiger partial charge in [0.2, 0.25) is 6.10 Å². The molecule has 2 aromatic rings. The predicted octanol–water partition coefficient (Wildman–Crippen LogP) is 2.70. The predicted molar refractivity (Wildman–Crippen MR) is 97.9 cm³/mol. The van der Waals surface area contributed by atoms with Gasteiger partial charge in [0.05, 0.1) is 10.5 Å². The summed E-state index contributed by atoms with van der Waals surface area (Å²) in [6, 6.07) is 12.2.